The predicted octanol–water partition coefficient (Wildman–Crippen LogP) is 2.32. The van der Waals surface area contributed by atoms with Crippen LogP contribution in [0.25, 0.3) is 0 Å². The van der Waals surface area contributed by atoms with E-state index < -0.39 is 5.97 Å². The van der Waals surface area contributed by atoms with Crippen LogP contribution in [0, 0.1) is 0 Å². The first-order chi connectivity index (χ1) is 11.6. The second kappa shape index (κ2) is 7.29. The number of nitrogens with zero attached hydrogens (tertiary/aromatic N) is 2. The molecule has 2 aromatic rings. The van der Waals surface area contributed by atoms with Crippen LogP contribution in [0.2, 0.25) is 0 Å². The fraction of sp³-hybridized carbons (Fsp3) is 0.389. The van der Waals surface area contributed by atoms with Gasteiger partial charge in [-0.25, -0.2) is 0 Å². The van der Waals surface area contributed by atoms with E-state index in [1.165, 1.54) is 4.90 Å². The second-order valence-electron chi connectivity index (χ2n) is 6.00. The van der Waals surface area contributed by atoms with Crippen LogP contribution in [0.5, 0.6) is 0 Å². The Morgan fingerprint density at radius 3 is 2.67 bits per heavy atom. The SMILES string of the molecule is O=C(O)CN(CCc1ccccc1)C(=O)c1noc2c1CCCC2. The number of rotatable bonds is 6. The van der Waals surface area contributed by atoms with Crippen LogP contribution in [0.3, 0.4) is 0 Å². The van der Waals surface area contributed by atoms with Crippen LogP contribution in [-0.2, 0) is 24.1 Å². The molecule has 3 rings (SSSR count). The monoisotopic (exact) mass is 328 g/mol. The molecular weight excluding hydrogens is 308 g/mol. The summed E-state index contributed by atoms with van der Waals surface area (Å²) in [7, 11) is 0. The first kappa shape index (κ1) is 16.2. The summed E-state index contributed by atoms with van der Waals surface area (Å²) in [5.74, 6) is -0.628. The molecule has 0 atom stereocenters. The molecule has 1 aliphatic rings. The first-order valence-electron chi connectivity index (χ1n) is 8.17. The third-order valence-electron chi connectivity index (χ3n) is 4.28. The van der Waals surface area contributed by atoms with Gasteiger partial charge in [-0.3, -0.25) is 9.59 Å². The van der Waals surface area contributed by atoms with Crippen molar-refractivity contribution in [2.24, 2.45) is 0 Å². The second-order valence-corrected chi connectivity index (χ2v) is 6.00. The zero-order valence-electron chi connectivity index (χ0n) is 13.4. The molecule has 6 nitrogen and oxygen atoms in total. The lowest BCUT2D eigenvalue weighted by Crippen LogP contribution is -2.38. The molecule has 0 aliphatic heterocycles. The lowest BCUT2D eigenvalue weighted by molar-refractivity contribution is -0.137. The molecule has 0 fully saturated rings. The van der Waals surface area contributed by atoms with Crippen molar-refractivity contribution in [3.05, 3.63) is 52.9 Å². The van der Waals surface area contributed by atoms with Crippen LogP contribution < -0.4 is 0 Å². The average Bonchev–Trinajstić information content (AvgIpc) is 3.02. The molecule has 126 valence electrons. The Labute approximate surface area is 140 Å². The number of benzene rings is 1. The number of amides is 1. The molecule has 0 bridgehead atoms. The van der Waals surface area contributed by atoms with Crippen molar-refractivity contribution in [1.82, 2.24) is 10.1 Å². The fourth-order valence-electron chi connectivity index (χ4n) is 3.03. The van der Waals surface area contributed by atoms with E-state index in [9.17, 15) is 9.59 Å². The van der Waals surface area contributed by atoms with Gasteiger partial charge in [0.25, 0.3) is 5.91 Å². The van der Waals surface area contributed by atoms with Crippen LogP contribution in [0.1, 0.15) is 40.2 Å². The van der Waals surface area contributed by atoms with E-state index in [-0.39, 0.29) is 18.1 Å². The molecule has 0 spiro atoms. The van der Waals surface area contributed by atoms with E-state index in [4.69, 9.17) is 9.63 Å². The number of carbonyl (C=O) groups is 2. The average molecular weight is 328 g/mol. The molecule has 1 N–H and O–H groups in total. The smallest absolute Gasteiger partial charge is 0.323 e. The van der Waals surface area contributed by atoms with Crippen LogP contribution in [0.4, 0.5) is 0 Å². The van der Waals surface area contributed by atoms with Gasteiger partial charge in [0.05, 0.1) is 0 Å². The molecule has 1 heterocycles. The van der Waals surface area contributed by atoms with Gasteiger partial charge in [-0.05, 0) is 31.2 Å². The molecule has 1 amide bonds. The van der Waals surface area contributed by atoms with Gasteiger partial charge in [-0.1, -0.05) is 35.5 Å². The van der Waals surface area contributed by atoms with Crippen molar-refractivity contribution in [1.29, 1.82) is 0 Å². The molecule has 0 saturated carbocycles. The van der Waals surface area contributed by atoms with Crippen LogP contribution >= 0.6 is 0 Å². The lowest BCUT2D eigenvalue weighted by Gasteiger charge is -2.20. The molecule has 0 radical (unpaired) electrons. The third kappa shape index (κ3) is 3.64. The highest BCUT2D eigenvalue weighted by molar-refractivity contribution is 5.95. The Hall–Kier alpha value is -2.63. The van der Waals surface area contributed by atoms with Gasteiger partial charge in [0.1, 0.15) is 12.3 Å². The summed E-state index contributed by atoms with van der Waals surface area (Å²) in [6, 6.07) is 9.69. The Kier molecular flexibility index (Phi) is 4.93. The number of aryl methyl sites for hydroxylation is 1. The molecule has 0 unspecified atom stereocenters. The number of carbonyl (C=O) groups excluding carboxylic acids is 1. The Morgan fingerprint density at radius 1 is 1.17 bits per heavy atom. The number of hydrogen-bond donors (Lipinski definition) is 1. The molecule has 0 saturated heterocycles. The maximum absolute atomic E-state index is 12.8. The number of fused-ring (bicyclic) bond motifs is 1. The molecular formula is C18H20N2O4. The lowest BCUT2D eigenvalue weighted by atomic mass is 9.96. The van der Waals surface area contributed by atoms with E-state index in [0.717, 1.165) is 42.6 Å². The van der Waals surface area contributed by atoms with Gasteiger partial charge in [0.15, 0.2) is 5.69 Å². The number of aromatic nitrogens is 1. The minimum absolute atomic E-state index is 0.277. The van der Waals surface area contributed by atoms with Gasteiger partial charge >= 0.3 is 5.97 Å². The number of carboxylic acid groups (broad SMARTS) is 1. The number of carboxylic acids is 1. The van der Waals surface area contributed by atoms with E-state index in [1.807, 2.05) is 30.3 Å². The van der Waals surface area contributed by atoms with Gasteiger partial charge in [-0.15, -0.1) is 0 Å². The quantitative estimate of drug-likeness (QED) is 0.880. The summed E-state index contributed by atoms with van der Waals surface area (Å²) in [4.78, 5) is 25.3. The van der Waals surface area contributed by atoms with Crippen molar-refractivity contribution < 1.29 is 19.2 Å². The number of hydrogen-bond acceptors (Lipinski definition) is 4. The highest BCUT2D eigenvalue weighted by Gasteiger charge is 2.28. The van der Waals surface area contributed by atoms with E-state index >= 15 is 0 Å². The maximum atomic E-state index is 12.8. The zero-order chi connectivity index (χ0) is 16.9. The largest absolute Gasteiger partial charge is 0.480 e. The van der Waals surface area contributed by atoms with E-state index in [0.29, 0.717) is 13.0 Å². The highest BCUT2D eigenvalue weighted by Crippen LogP contribution is 2.25. The Balaban J connectivity index is 1.76. The molecule has 24 heavy (non-hydrogen) atoms. The summed E-state index contributed by atoms with van der Waals surface area (Å²) in [5.41, 5.74) is 2.18. The minimum Gasteiger partial charge on any atom is -0.480 e. The number of aliphatic carboxylic acids is 1. The molecule has 1 aliphatic carbocycles. The standard InChI is InChI=1S/C18H20N2O4/c21-16(22)12-20(11-10-13-6-2-1-3-7-13)18(23)17-14-8-4-5-9-15(14)24-19-17/h1-3,6-7H,4-5,8-12H2,(H,21,22). The first-order valence-corrected chi connectivity index (χ1v) is 8.17. The topological polar surface area (TPSA) is 83.6 Å². The summed E-state index contributed by atoms with van der Waals surface area (Å²) in [5, 5.41) is 13.0. The predicted molar refractivity (Wildman–Crippen MR) is 86.8 cm³/mol. The molecule has 1 aromatic heterocycles. The highest BCUT2D eigenvalue weighted by atomic mass is 16.5. The normalized spacial score (nSPS) is 13.3. The van der Waals surface area contributed by atoms with Crippen LogP contribution in [-0.4, -0.2) is 40.1 Å². The Morgan fingerprint density at radius 2 is 1.92 bits per heavy atom. The van der Waals surface area contributed by atoms with Gasteiger partial charge in [0.2, 0.25) is 0 Å². The Bertz CT molecular complexity index is 724. The van der Waals surface area contributed by atoms with E-state index in [1.54, 1.807) is 0 Å². The molecule has 6 heteroatoms. The summed E-state index contributed by atoms with van der Waals surface area (Å²) >= 11 is 0. The fourth-order valence-corrected chi connectivity index (χ4v) is 3.03. The summed E-state index contributed by atoms with van der Waals surface area (Å²) < 4.78 is 5.28. The van der Waals surface area contributed by atoms with Gasteiger partial charge < -0.3 is 14.5 Å². The van der Waals surface area contributed by atoms with Crippen molar-refractivity contribution >= 4 is 11.9 Å². The maximum Gasteiger partial charge on any atom is 0.323 e. The van der Waals surface area contributed by atoms with Crippen molar-refractivity contribution in [2.45, 2.75) is 32.1 Å². The van der Waals surface area contributed by atoms with Crippen molar-refractivity contribution in [3.8, 4) is 0 Å². The van der Waals surface area contributed by atoms with Crippen molar-refractivity contribution in [2.75, 3.05) is 13.1 Å². The van der Waals surface area contributed by atoms with Gasteiger partial charge in [0, 0.05) is 18.5 Å². The summed E-state index contributed by atoms with van der Waals surface area (Å²) in [6.45, 7) is -0.00984. The minimum atomic E-state index is -1.03. The third-order valence-corrected chi connectivity index (χ3v) is 4.28. The summed E-state index contributed by atoms with van der Waals surface area (Å²) in [6.07, 6.45) is 4.18. The van der Waals surface area contributed by atoms with Crippen LogP contribution in [0.15, 0.2) is 34.9 Å². The van der Waals surface area contributed by atoms with Gasteiger partial charge in [-0.2, -0.15) is 0 Å². The molecule has 1 aromatic carbocycles. The van der Waals surface area contributed by atoms with Crippen molar-refractivity contribution in [3.63, 3.8) is 0 Å². The van der Waals surface area contributed by atoms with E-state index in [2.05, 4.69) is 5.16 Å². The zero-order valence-corrected chi connectivity index (χ0v) is 13.4.